The molecule has 0 radical (unpaired) electrons. The van der Waals surface area contributed by atoms with Crippen molar-refractivity contribution in [2.45, 2.75) is 44.9 Å². The van der Waals surface area contributed by atoms with Gasteiger partial charge in [0, 0.05) is 25.1 Å². The Balaban J connectivity index is 2.02. The number of fused-ring (bicyclic) bond motifs is 1. The molecule has 0 spiro atoms. The number of hydrogen-bond donors (Lipinski definition) is 2. The van der Waals surface area contributed by atoms with Gasteiger partial charge in [-0.05, 0) is 31.4 Å². The summed E-state index contributed by atoms with van der Waals surface area (Å²) in [7, 11) is 2.59. The number of rotatable bonds is 11. The topological polar surface area (TPSA) is 94.5 Å². The molecule has 194 valence electrons. The molecule has 1 unspecified atom stereocenters. The number of alkyl halides is 3. The minimum atomic E-state index is -4.33. The van der Waals surface area contributed by atoms with E-state index in [9.17, 15) is 22.8 Å². The number of carbonyl (C=O) groups excluding carboxylic acids is 2. The number of carbonyl (C=O) groups is 2. The van der Waals surface area contributed by atoms with Gasteiger partial charge in [-0.15, -0.1) is 0 Å². The van der Waals surface area contributed by atoms with E-state index in [1.807, 2.05) is 30.3 Å². The van der Waals surface area contributed by atoms with Gasteiger partial charge in [-0.25, -0.2) is 9.78 Å². The molecule has 1 atom stereocenters. The first-order chi connectivity index (χ1) is 17.1. The zero-order valence-corrected chi connectivity index (χ0v) is 20.3. The summed E-state index contributed by atoms with van der Waals surface area (Å²) in [5.41, 5.74) is 2.10. The van der Waals surface area contributed by atoms with Crippen LogP contribution in [0, 0.1) is 0 Å². The number of anilines is 2. The summed E-state index contributed by atoms with van der Waals surface area (Å²) >= 11 is 0. The maximum Gasteiger partial charge on any atom is 0.391 e. The molecule has 0 aliphatic carbocycles. The first-order valence-corrected chi connectivity index (χ1v) is 11.4. The number of pyridine rings is 1. The quantitative estimate of drug-likeness (QED) is 0.363. The van der Waals surface area contributed by atoms with Crippen LogP contribution in [0.1, 0.15) is 35.8 Å². The largest absolute Gasteiger partial charge is 0.464 e. The smallest absolute Gasteiger partial charge is 0.391 e. The zero-order chi connectivity index (χ0) is 26.3. The summed E-state index contributed by atoms with van der Waals surface area (Å²) in [6.07, 6.45) is -2.56. The van der Waals surface area contributed by atoms with Crippen molar-refractivity contribution in [2.75, 3.05) is 31.5 Å². The van der Waals surface area contributed by atoms with E-state index < -0.39 is 30.5 Å². The van der Waals surface area contributed by atoms with Gasteiger partial charge in [0.25, 0.3) is 0 Å². The normalized spacial score (nSPS) is 12.4. The van der Waals surface area contributed by atoms with Gasteiger partial charge in [0.1, 0.15) is 12.3 Å². The van der Waals surface area contributed by atoms with E-state index in [1.165, 1.54) is 27.3 Å². The van der Waals surface area contributed by atoms with E-state index in [-0.39, 0.29) is 18.0 Å². The van der Waals surface area contributed by atoms with E-state index in [1.54, 1.807) is 10.6 Å². The lowest BCUT2D eigenvalue weighted by atomic mass is 10.1. The van der Waals surface area contributed by atoms with Gasteiger partial charge >= 0.3 is 12.1 Å². The maximum absolute atomic E-state index is 12.8. The predicted molar refractivity (Wildman–Crippen MR) is 130 cm³/mol. The van der Waals surface area contributed by atoms with Crippen LogP contribution >= 0.6 is 0 Å². The number of aryl methyl sites for hydroxylation is 2. The van der Waals surface area contributed by atoms with Gasteiger partial charge in [-0.2, -0.15) is 13.2 Å². The highest BCUT2D eigenvalue weighted by atomic mass is 19.4. The lowest BCUT2D eigenvalue weighted by molar-refractivity contribution is -0.136. The Morgan fingerprint density at radius 3 is 2.53 bits per heavy atom. The predicted octanol–water partition coefficient (Wildman–Crippen LogP) is 4.79. The van der Waals surface area contributed by atoms with Crippen molar-refractivity contribution in [1.29, 1.82) is 0 Å². The fourth-order valence-corrected chi connectivity index (χ4v) is 4.03. The Hall–Kier alpha value is -3.60. The molecule has 0 aliphatic rings. The molecule has 1 aromatic carbocycles. The fourth-order valence-electron chi connectivity index (χ4n) is 4.03. The highest BCUT2D eigenvalue weighted by Gasteiger charge is 2.30. The van der Waals surface area contributed by atoms with Crippen LogP contribution in [0.3, 0.4) is 0 Å². The lowest BCUT2D eigenvalue weighted by Crippen LogP contribution is -2.23. The first-order valence-electron chi connectivity index (χ1n) is 11.4. The number of halogens is 3. The van der Waals surface area contributed by atoms with Gasteiger partial charge in [-0.1, -0.05) is 30.3 Å². The molecule has 36 heavy (non-hydrogen) atoms. The maximum atomic E-state index is 12.8. The Morgan fingerprint density at radius 2 is 1.89 bits per heavy atom. The summed E-state index contributed by atoms with van der Waals surface area (Å²) in [6.45, 7) is 1.54. The number of nitrogens with zero attached hydrogens (tertiary/aromatic N) is 2. The van der Waals surface area contributed by atoms with E-state index in [0.717, 1.165) is 12.0 Å². The number of hydrogen-bond acceptors (Lipinski definition) is 6. The van der Waals surface area contributed by atoms with Crippen LogP contribution in [0.5, 0.6) is 0 Å². The third-order valence-corrected chi connectivity index (χ3v) is 5.46. The van der Waals surface area contributed by atoms with Crippen molar-refractivity contribution < 1.29 is 32.2 Å². The van der Waals surface area contributed by atoms with E-state index in [0.29, 0.717) is 29.7 Å². The molecule has 0 saturated carbocycles. The molecule has 8 nitrogen and oxygen atoms in total. The molecule has 3 aromatic rings. The second-order valence-electron chi connectivity index (χ2n) is 8.40. The van der Waals surface area contributed by atoms with Crippen LogP contribution in [0.15, 0.2) is 42.6 Å². The van der Waals surface area contributed by atoms with Crippen LogP contribution in [0.2, 0.25) is 0 Å². The summed E-state index contributed by atoms with van der Waals surface area (Å²) in [4.78, 5) is 29.6. The Morgan fingerprint density at radius 1 is 1.17 bits per heavy atom. The second-order valence-corrected chi connectivity index (χ2v) is 8.40. The molecule has 0 fully saturated rings. The second kappa shape index (κ2) is 11.9. The molecular formula is C25H29F3N4O4. The molecule has 2 aromatic heterocycles. The molecular weight excluding hydrogens is 477 g/mol. The Labute approximate surface area is 206 Å². The van der Waals surface area contributed by atoms with Crippen molar-refractivity contribution >= 4 is 34.3 Å². The van der Waals surface area contributed by atoms with Gasteiger partial charge < -0.3 is 24.7 Å². The number of aromatic nitrogens is 2. The molecule has 1 amide bonds. The van der Waals surface area contributed by atoms with Crippen LogP contribution in [0.25, 0.3) is 11.0 Å². The molecule has 2 heterocycles. The average Bonchev–Trinajstić information content (AvgIpc) is 3.10. The van der Waals surface area contributed by atoms with Crippen LogP contribution < -0.4 is 10.6 Å². The third kappa shape index (κ3) is 6.97. The highest BCUT2D eigenvalue weighted by molar-refractivity contribution is 6.11. The van der Waals surface area contributed by atoms with E-state index in [4.69, 9.17) is 9.47 Å². The molecule has 11 heteroatoms. The van der Waals surface area contributed by atoms with Crippen LogP contribution in [0.4, 0.5) is 24.5 Å². The summed E-state index contributed by atoms with van der Waals surface area (Å²) in [5.74, 6) is -1.19. The number of methoxy groups -OCH3 is 2. The summed E-state index contributed by atoms with van der Waals surface area (Å²) < 4.78 is 49.9. The Kier molecular flexibility index (Phi) is 8.92. The van der Waals surface area contributed by atoms with Crippen LogP contribution in [-0.4, -0.2) is 54.5 Å². The number of esters is 1. The standard InChI is InChI=1S/C25H29F3N4O4/c1-16(13-25(26,27)28)30-18-12-19-21(31-20(33)15-35-2)22(24(34)36-3)32(23(19)29-14-18)11-7-10-17-8-5-4-6-9-17/h4-6,8-9,12,14,16,30H,7,10-11,13,15H2,1-3H3,(H,31,33). The van der Waals surface area contributed by atoms with E-state index in [2.05, 4.69) is 15.6 Å². The van der Waals surface area contributed by atoms with Crippen molar-refractivity contribution in [3.8, 4) is 0 Å². The zero-order valence-electron chi connectivity index (χ0n) is 20.3. The van der Waals surface area contributed by atoms with Gasteiger partial charge in [0.2, 0.25) is 5.91 Å². The first kappa shape index (κ1) is 27.0. The van der Waals surface area contributed by atoms with Crippen molar-refractivity contribution in [3.63, 3.8) is 0 Å². The lowest BCUT2D eigenvalue weighted by Gasteiger charge is -2.17. The minimum Gasteiger partial charge on any atom is -0.464 e. The number of amides is 1. The SMILES string of the molecule is COCC(=O)Nc1c(C(=O)OC)n(CCCc2ccccc2)c2ncc(NC(C)CC(F)(F)F)cc12. The average molecular weight is 507 g/mol. The fraction of sp³-hybridized carbons (Fsp3) is 0.400. The van der Waals surface area contributed by atoms with Crippen molar-refractivity contribution in [3.05, 3.63) is 53.9 Å². The van der Waals surface area contributed by atoms with Crippen molar-refractivity contribution in [2.24, 2.45) is 0 Å². The van der Waals surface area contributed by atoms with E-state index >= 15 is 0 Å². The van der Waals surface area contributed by atoms with Gasteiger partial charge in [0.05, 0.1) is 31.1 Å². The molecule has 0 aliphatic heterocycles. The molecule has 2 N–H and O–H groups in total. The number of ether oxygens (including phenoxy) is 2. The number of nitrogens with one attached hydrogen (secondary N) is 2. The molecule has 0 bridgehead atoms. The minimum absolute atomic E-state index is 0.0954. The van der Waals surface area contributed by atoms with Crippen LogP contribution in [-0.2, 0) is 27.2 Å². The third-order valence-electron chi connectivity index (χ3n) is 5.46. The highest BCUT2D eigenvalue weighted by Crippen LogP contribution is 2.33. The summed E-state index contributed by atoms with van der Waals surface area (Å²) in [6, 6.07) is 10.5. The number of benzene rings is 1. The Bertz CT molecular complexity index is 1200. The monoisotopic (exact) mass is 506 g/mol. The van der Waals surface area contributed by atoms with Gasteiger partial charge in [-0.3, -0.25) is 4.79 Å². The molecule has 3 rings (SSSR count). The van der Waals surface area contributed by atoms with Gasteiger partial charge in [0.15, 0.2) is 5.69 Å². The van der Waals surface area contributed by atoms with Crippen molar-refractivity contribution in [1.82, 2.24) is 9.55 Å². The summed E-state index contributed by atoms with van der Waals surface area (Å²) in [5, 5.41) is 5.86. The molecule has 0 saturated heterocycles.